The van der Waals surface area contributed by atoms with Gasteiger partial charge in [0.1, 0.15) is 47.6 Å². The molecule has 1 fully saturated rings. The smallest absolute Gasteiger partial charge is 0.164 e. The third-order valence-corrected chi connectivity index (χ3v) is 9.52. The summed E-state index contributed by atoms with van der Waals surface area (Å²) in [7, 11) is 0. The fourth-order valence-electron chi connectivity index (χ4n) is 6.63. The lowest BCUT2D eigenvalue weighted by Crippen LogP contribution is -2.51. The number of nitrogens with zero attached hydrogens (tertiary/aromatic N) is 3. The molecule has 1 N–H and O–H groups in total. The minimum absolute atomic E-state index is 0.141. The van der Waals surface area contributed by atoms with Gasteiger partial charge in [0.25, 0.3) is 0 Å². The normalized spacial score (nSPS) is 22.0. The van der Waals surface area contributed by atoms with Gasteiger partial charge in [0.05, 0.1) is 38.4 Å². The third-order valence-electron chi connectivity index (χ3n) is 9.23. The Bertz CT molecular complexity index is 1980. The highest BCUT2D eigenvalue weighted by molar-refractivity contribution is 6.34. The zero-order chi connectivity index (χ0) is 35.7. The summed E-state index contributed by atoms with van der Waals surface area (Å²) < 4.78 is 35.5. The molecular weight excluding hydrogens is 678 g/mol. The van der Waals surface area contributed by atoms with Gasteiger partial charge in [-0.1, -0.05) is 133 Å². The second-order valence-electron chi connectivity index (χ2n) is 12.9. The van der Waals surface area contributed by atoms with Gasteiger partial charge in [0, 0.05) is 6.20 Å². The molecule has 1 aliphatic heterocycles. The van der Waals surface area contributed by atoms with E-state index in [0.29, 0.717) is 22.8 Å². The van der Waals surface area contributed by atoms with Crippen LogP contribution in [-0.2, 0) is 50.1 Å². The second-order valence-corrected chi connectivity index (χ2v) is 13.3. The molecule has 52 heavy (non-hydrogen) atoms. The first-order valence-electron chi connectivity index (χ1n) is 17.4. The summed E-state index contributed by atoms with van der Waals surface area (Å²) in [5.74, 6) is 0. The lowest BCUT2D eigenvalue weighted by molar-refractivity contribution is -0.185. The van der Waals surface area contributed by atoms with E-state index in [1.54, 1.807) is 4.57 Å². The number of benzene rings is 4. The molecule has 1 saturated heterocycles. The maximum Gasteiger partial charge on any atom is 0.164 e. The van der Waals surface area contributed by atoms with Crippen LogP contribution in [0.2, 0.25) is 5.15 Å². The van der Waals surface area contributed by atoms with Gasteiger partial charge in [-0.05, 0) is 34.7 Å². The van der Waals surface area contributed by atoms with Crippen LogP contribution in [0.3, 0.4) is 0 Å². The fourth-order valence-corrected chi connectivity index (χ4v) is 6.90. The predicted octanol–water partition coefficient (Wildman–Crippen LogP) is 7.62. The molecule has 0 saturated carbocycles. The van der Waals surface area contributed by atoms with E-state index in [1.807, 2.05) is 134 Å². The van der Waals surface area contributed by atoms with Crippen molar-refractivity contribution in [2.45, 2.75) is 70.1 Å². The number of aryl methyl sites for hydroxylation is 1. The number of rotatable bonds is 14. The van der Waals surface area contributed by atoms with Gasteiger partial charge in [0.2, 0.25) is 0 Å². The molecule has 7 rings (SSSR count). The van der Waals surface area contributed by atoms with Gasteiger partial charge in [0.15, 0.2) is 6.23 Å². The number of hydrogen-bond acceptors (Lipinski definition) is 8. The van der Waals surface area contributed by atoms with Crippen molar-refractivity contribution < 1.29 is 28.8 Å². The van der Waals surface area contributed by atoms with Crippen molar-refractivity contribution in [3.63, 3.8) is 0 Å². The van der Waals surface area contributed by atoms with Gasteiger partial charge < -0.3 is 33.4 Å². The average Bonchev–Trinajstić information content (AvgIpc) is 3.48. The Hall–Kier alpha value is -4.45. The van der Waals surface area contributed by atoms with E-state index in [1.165, 1.54) is 6.33 Å². The zero-order valence-electron chi connectivity index (χ0n) is 28.9. The summed E-state index contributed by atoms with van der Waals surface area (Å²) in [6.45, 7) is 3.18. The maximum absolute atomic E-state index is 12.5. The molecule has 0 amide bonds. The number of aromatic nitrogens is 3. The van der Waals surface area contributed by atoms with Crippen LogP contribution in [-0.4, -0.2) is 56.8 Å². The van der Waals surface area contributed by atoms with E-state index in [4.69, 9.17) is 35.3 Å². The molecular formula is C42H42ClN3O6. The summed E-state index contributed by atoms with van der Waals surface area (Å²) in [5, 5.41) is 13.5. The highest BCUT2D eigenvalue weighted by Crippen LogP contribution is 2.37. The molecule has 2 aromatic heterocycles. The van der Waals surface area contributed by atoms with Crippen molar-refractivity contribution in [3.05, 3.63) is 167 Å². The summed E-state index contributed by atoms with van der Waals surface area (Å²) >= 11 is 6.58. The summed E-state index contributed by atoms with van der Waals surface area (Å²) in [5.41, 5.74) is 5.29. The number of ether oxygens (including phenoxy) is 5. The van der Waals surface area contributed by atoms with Gasteiger partial charge in [-0.25, -0.2) is 9.97 Å². The summed E-state index contributed by atoms with van der Waals surface area (Å²) in [6.07, 6.45) is -2.10. The van der Waals surface area contributed by atoms with Crippen LogP contribution in [0.4, 0.5) is 0 Å². The molecule has 3 heterocycles. The van der Waals surface area contributed by atoms with E-state index in [-0.39, 0.29) is 26.4 Å². The maximum atomic E-state index is 12.5. The standard InChI is InChI=1S/C42H42ClN3O6/c1-29-22-46(41-35(29)40(43)44-28-45-41)42-36(47)38(50-25-32-18-10-4-11-19-32)39(51-26-33-20-12-5-13-21-33)37(49-24-31-16-8-3-9-17-31)34(52-42)27-48-23-30-14-6-2-7-15-30/h2-22,28,34,36-39,42,47H,23-27H2,1H3/t34-,36-,37+,38+,39+,42-/m1/s1. The third kappa shape index (κ3) is 8.60. The highest BCUT2D eigenvalue weighted by atomic mass is 35.5. The monoisotopic (exact) mass is 719 g/mol. The molecule has 4 aromatic carbocycles. The Kier molecular flexibility index (Phi) is 12.0. The van der Waals surface area contributed by atoms with Crippen molar-refractivity contribution in [3.8, 4) is 0 Å². The number of hydrogen-bond donors (Lipinski definition) is 1. The van der Waals surface area contributed by atoms with Crippen molar-refractivity contribution in [2.24, 2.45) is 0 Å². The van der Waals surface area contributed by atoms with E-state index >= 15 is 0 Å². The summed E-state index contributed by atoms with van der Waals surface area (Å²) in [4.78, 5) is 8.79. The average molecular weight is 720 g/mol. The quantitative estimate of drug-likeness (QED) is 0.115. The van der Waals surface area contributed by atoms with Crippen LogP contribution >= 0.6 is 11.6 Å². The van der Waals surface area contributed by atoms with Gasteiger partial charge in [-0.2, -0.15) is 0 Å². The van der Waals surface area contributed by atoms with E-state index in [2.05, 4.69) is 9.97 Å². The van der Waals surface area contributed by atoms with Crippen LogP contribution in [0.15, 0.2) is 134 Å². The van der Waals surface area contributed by atoms with Crippen LogP contribution < -0.4 is 0 Å². The van der Waals surface area contributed by atoms with Gasteiger partial charge in [-0.3, -0.25) is 0 Å². The summed E-state index contributed by atoms with van der Waals surface area (Å²) in [6, 6.07) is 39.7. The minimum Gasteiger partial charge on any atom is -0.386 e. The van der Waals surface area contributed by atoms with Crippen LogP contribution in [0.5, 0.6) is 0 Å². The Labute approximate surface area is 308 Å². The largest absolute Gasteiger partial charge is 0.386 e. The Balaban J connectivity index is 1.31. The highest BCUT2D eigenvalue weighted by Gasteiger charge is 2.49. The first-order chi connectivity index (χ1) is 25.5. The molecule has 10 heteroatoms. The van der Waals surface area contributed by atoms with Crippen LogP contribution in [0, 0.1) is 6.92 Å². The first kappa shape index (κ1) is 35.9. The van der Waals surface area contributed by atoms with Crippen LogP contribution in [0.25, 0.3) is 11.0 Å². The van der Waals surface area contributed by atoms with E-state index < -0.39 is 36.7 Å². The van der Waals surface area contributed by atoms with Gasteiger partial charge in [-0.15, -0.1) is 0 Å². The number of aliphatic hydroxyl groups is 1. The number of halogens is 1. The van der Waals surface area contributed by atoms with Gasteiger partial charge >= 0.3 is 0 Å². The van der Waals surface area contributed by atoms with Crippen molar-refractivity contribution in [1.29, 1.82) is 0 Å². The number of aliphatic hydroxyl groups excluding tert-OH is 1. The topological polar surface area (TPSA) is 97.1 Å². The Morgan fingerprint density at radius 2 is 1.13 bits per heavy atom. The van der Waals surface area contributed by atoms with E-state index in [0.717, 1.165) is 27.8 Å². The number of fused-ring (bicyclic) bond motifs is 1. The SMILES string of the molecule is Cc1cn([C@@H]2O[C@H](COCc3ccccc3)[C@H](OCc3ccccc3)[C@H](OCc3ccccc3)[C@@H](OCc3ccccc3)[C@H]2O)c2ncnc(Cl)c12. The minimum atomic E-state index is -1.24. The molecule has 0 unspecified atom stereocenters. The second kappa shape index (κ2) is 17.4. The molecule has 1 aliphatic rings. The van der Waals surface area contributed by atoms with Crippen molar-refractivity contribution >= 4 is 22.6 Å². The molecule has 9 nitrogen and oxygen atoms in total. The van der Waals surface area contributed by atoms with E-state index in [9.17, 15) is 5.11 Å². The van der Waals surface area contributed by atoms with Crippen LogP contribution in [0.1, 0.15) is 34.0 Å². The Morgan fingerprint density at radius 3 is 1.67 bits per heavy atom. The molecule has 6 atom stereocenters. The molecule has 0 aliphatic carbocycles. The molecule has 0 spiro atoms. The zero-order valence-corrected chi connectivity index (χ0v) is 29.7. The molecule has 0 bridgehead atoms. The first-order valence-corrected chi connectivity index (χ1v) is 17.8. The lowest BCUT2D eigenvalue weighted by Gasteiger charge is -2.35. The fraction of sp³-hybridized carbons (Fsp3) is 0.286. The lowest BCUT2D eigenvalue weighted by atomic mass is 9.99. The Morgan fingerprint density at radius 1 is 0.654 bits per heavy atom. The molecule has 6 aromatic rings. The molecule has 0 radical (unpaired) electrons. The van der Waals surface area contributed by atoms with Crippen molar-refractivity contribution in [1.82, 2.24) is 14.5 Å². The van der Waals surface area contributed by atoms with Crippen molar-refractivity contribution in [2.75, 3.05) is 6.61 Å². The molecule has 268 valence electrons. The predicted molar refractivity (Wildman–Crippen MR) is 198 cm³/mol.